The van der Waals surface area contributed by atoms with Crippen LogP contribution >= 0.6 is 11.8 Å². The fourth-order valence-electron chi connectivity index (χ4n) is 2.98. The molecule has 1 unspecified atom stereocenters. The second kappa shape index (κ2) is 9.22. The second-order valence-corrected chi connectivity index (χ2v) is 8.92. The number of anilines is 1. The van der Waals surface area contributed by atoms with E-state index in [9.17, 15) is 4.79 Å². The first-order valence-electron chi connectivity index (χ1n) is 9.82. The monoisotopic (exact) mass is 409 g/mol. The molecule has 1 atom stereocenters. The molecule has 152 valence electrons. The van der Waals surface area contributed by atoms with Crippen molar-refractivity contribution in [3.63, 3.8) is 0 Å². The molecular weight excluding hydrogens is 382 g/mol. The molecule has 1 heterocycles. The van der Waals surface area contributed by atoms with Crippen LogP contribution in [0.2, 0.25) is 0 Å². The summed E-state index contributed by atoms with van der Waals surface area (Å²) in [6, 6.07) is 16.1. The van der Waals surface area contributed by atoms with E-state index in [0.29, 0.717) is 17.0 Å². The molecule has 2 aromatic carbocycles. The SMILES string of the molecule is CC(Sc1nnnn1-c1ccc(C(C)C)cc1)C(=O)Nc1ccccc1C(C)C. The number of benzene rings is 2. The lowest BCUT2D eigenvalue weighted by molar-refractivity contribution is -0.115. The van der Waals surface area contributed by atoms with Crippen LogP contribution < -0.4 is 5.32 Å². The van der Waals surface area contributed by atoms with E-state index in [-0.39, 0.29) is 11.2 Å². The molecule has 1 amide bonds. The number of nitrogens with one attached hydrogen (secondary N) is 1. The summed E-state index contributed by atoms with van der Waals surface area (Å²) in [4.78, 5) is 12.8. The number of hydrogen-bond donors (Lipinski definition) is 1. The molecule has 0 aliphatic heterocycles. The topological polar surface area (TPSA) is 72.7 Å². The third kappa shape index (κ3) is 5.03. The van der Waals surface area contributed by atoms with E-state index >= 15 is 0 Å². The van der Waals surface area contributed by atoms with Crippen molar-refractivity contribution in [1.29, 1.82) is 0 Å². The normalized spacial score (nSPS) is 12.4. The molecule has 6 nitrogen and oxygen atoms in total. The van der Waals surface area contributed by atoms with Crippen LogP contribution in [0, 0.1) is 0 Å². The van der Waals surface area contributed by atoms with Crippen molar-refractivity contribution < 1.29 is 4.79 Å². The Kier molecular flexibility index (Phi) is 6.69. The minimum atomic E-state index is -0.352. The van der Waals surface area contributed by atoms with Crippen LogP contribution in [-0.4, -0.2) is 31.4 Å². The Morgan fingerprint density at radius 3 is 2.31 bits per heavy atom. The van der Waals surface area contributed by atoms with Crippen molar-refractivity contribution in [2.24, 2.45) is 0 Å². The van der Waals surface area contributed by atoms with Gasteiger partial charge in [-0.3, -0.25) is 4.79 Å². The summed E-state index contributed by atoms with van der Waals surface area (Å²) in [5, 5.41) is 15.3. The zero-order valence-corrected chi connectivity index (χ0v) is 18.3. The van der Waals surface area contributed by atoms with E-state index in [4.69, 9.17) is 0 Å². The van der Waals surface area contributed by atoms with Crippen LogP contribution in [0.5, 0.6) is 0 Å². The first-order chi connectivity index (χ1) is 13.9. The molecule has 0 saturated carbocycles. The van der Waals surface area contributed by atoms with Crippen LogP contribution in [0.4, 0.5) is 5.69 Å². The van der Waals surface area contributed by atoms with Crippen molar-refractivity contribution in [3.8, 4) is 5.69 Å². The smallest absolute Gasteiger partial charge is 0.237 e. The van der Waals surface area contributed by atoms with Crippen LogP contribution in [0.1, 0.15) is 57.6 Å². The van der Waals surface area contributed by atoms with Gasteiger partial charge in [-0.15, -0.1) is 5.10 Å². The zero-order valence-electron chi connectivity index (χ0n) is 17.5. The van der Waals surface area contributed by atoms with Crippen molar-refractivity contribution in [2.75, 3.05) is 5.32 Å². The number of thioether (sulfide) groups is 1. The van der Waals surface area contributed by atoms with Crippen LogP contribution in [0.15, 0.2) is 53.7 Å². The number of aromatic nitrogens is 4. The number of para-hydroxylation sites is 1. The predicted octanol–water partition coefficient (Wildman–Crippen LogP) is 5.03. The largest absolute Gasteiger partial charge is 0.325 e. The highest BCUT2D eigenvalue weighted by Gasteiger charge is 2.20. The van der Waals surface area contributed by atoms with Crippen molar-refractivity contribution in [3.05, 3.63) is 59.7 Å². The minimum absolute atomic E-state index is 0.0761. The maximum Gasteiger partial charge on any atom is 0.237 e. The average molecular weight is 410 g/mol. The highest BCUT2D eigenvalue weighted by atomic mass is 32.2. The molecule has 0 radical (unpaired) electrons. The first kappa shape index (κ1) is 21.0. The van der Waals surface area contributed by atoms with Gasteiger partial charge in [-0.2, -0.15) is 4.68 Å². The Bertz CT molecular complexity index is 965. The summed E-state index contributed by atoms with van der Waals surface area (Å²) in [6.45, 7) is 10.4. The van der Waals surface area contributed by atoms with Gasteiger partial charge in [0.15, 0.2) is 0 Å². The molecule has 1 aromatic heterocycles. The van der Waals surface area contributed by atoms with E-state index in [1.807, 2.05) is 43.3 Å². The molecule has 0 fully saturated rings. The average Bonchev–Trinajstić information content (AvgIpc) is 3.16. The summed E-state index contributed by atoms with van der Waals surface area (Å²) < 4.78 is 1.67. The molecule has 0 aliphatic rings. The fourth-order valence-corrected chi connectivity index (χ4v) is 3.78. The number of amides is 1. The number of tetrazole rings is 1. The zero-order chi connectivity index (χ0) is 21.0. The van der Waals surface area contributed by atoms with Gasteiger partial charge in [0, 0.05) is 5.69 Å². The molecule has 0 saturated heterocycles. The third-order valence-electron chi connectivity index (χ3n) is 4.74. The summed E-state index contributed by atoms with van der Waals surface area (Å²) in [7, 11) is 0. The van der Waals surface area contributed by atoms with E-state index < -0.39 is 0 Å². The Morgan fingerprint density at radius 2 is 1.66 bits per heavy atom. The van der Waals surface area contributed by atoms with E-state index in [1.54, 1.807) is 4.68 Å². The first-order valence-corrected chi connectivity index (χ1v) is 10.7. The van der Waals surface area contributed by atoms with Crippen molar-refractivity contribution >= 4 is 23.4 Å². The lowest BCUT2D eigenvalue weighted by Gasteiger charge is -2.16. The van der Waals surface area contributed by atoms with Gasteiger partial charge in [-0.1, -0.05) is 69.8 Å². The lowest BCUT2D eigenvalue weighted by Crippen LogP contribution is -2.23. The molecule has 29 heavy (non-hydrogen) atoms. The molecule has 0 bridgehead atoms. The van der Waals surface area contributed by atoms with Gasteiger partial charge in [-0.05, 0) is 58.5 Å². The van der Waals surface area contributed by atoms with Crippen LogP contribution in [-0.2, 0) is 4.79 Å². The van der Waals surface area contributed by atoms with Crippen LogP contribution in [0.25, 0.3) is 5.69 Å². The number of nitrogens with zero attached hydrogens (tertiary/aromatic N) is 4. The van der Waals surface area contributed by atoms with Gasteiger partial charge in [0.1, 0.15) is 0 Å². The maximum atomic E-state index is 12.8. The van der Waals surface area contributed by atoms with Crippen molar-refractivity contribution in [1.82, 2.24) is 20.2 Å². The van der Waals surface area contributed by atoms with Crippen LogP contribution in [0.3, 0.4) is 0 Å². The van der Waals surface area contributed by atoms with Gasteiger partial charge >= 0.3 is 0 Å². The van der Waals surface area contributed by atoms with E-state index in [1.165, 1.54) is 17.3 Å². The quantitative estimate of drug-likeness (QED) is 0.554. The van der Waals surface area contributed by atoms with Gasteiger partial charge in [-0.25, -0.2) is 0 Å². The highest BCUT2D eigenvalue weighted by molar-refractivity contribution is 8.00. The van der Waals surface area contributed by atoms with E-state index in [2.05, 4.69) is 60.7 Å². The summed E-state index contributed by atoms with van der Waals surface area (Å²) in [5.74, 6) is 0.715. The Labute approximate surface area is 176 Å². The fraction of sp³-hybridized carbons (Fsp3) is 0.364. The molecule has 3 aromatic rings. The Balaban J connectivity index is 1.73. The van der Waals surface area contributed by atoms with Gasteiger partial charge in [0.25, 0.3) is 0 Å². The predicted molar refractivity (Wildman–Crippen MR) is 118 cm³/mol. The molecule has 3 rings (SSSR count). The summed E-state index contributed by atoms with van der Waals surface area (Å²) >= 11 is 1.34. The summed E-state index contributed by atoms with van der Waals surface area (Å²) in [6.07, 6.45) is 0. The maximum absolute atomic E-state index is 12.8. The lowest BCUT2D eigenvalue weighted by atomic mass is 10.0. The second-order valence-electron chi connectivity index (χ2n) is 7.61. The number of carbonyl (C=O) groups is 1. The molecule has 0 aliphatic carbocycles. The van der Waals surface area contributed by atoms with Gasteiger partial charge < -0.3 is 5.32 Å². The van der Waals surface area contributed by atoms with Gasteiger partial charge in [0.05, 0.1) is 10.9 Å². The standard InChI is InChI=1S/C22H27N5OS/c1-14(2)17-10-12-18(13-11-17)27-22(24-25-26-27)29-16(5)21(28)23-20-9-7-6-8-19(20)15(3)4/h6-16H,1-5H3,(H,23,28). The number of rotatable bonds is 7. The number of carbonyl (C=O) groups excluding carboxylic acids is 1. The molecule has 0 spiro atoms. The molecular formula is C22H27N5OS. The van der Waals surface area contributed by atoms with Gasteiger partial charge in [0.2, 0.25) is 11.1 Å². The molecule has 7 heteroatoms. The van der Waals surface area contributed by atoms with E-state index in [0.717, 1.165) is 16.9 Å². The third-order valence-corrected chi connectivity index (χ3v) is 5.77. The Hall–Kier alpha value is -2.67. The highest BCUT2D eigenvalue weighted by Crippen LogP contribution is 2.27. The number of hydrogen-bond acceptors (Lipinski definition) is 5. The minimum Gasteiger partial charge on any atom is -0.325 e. The summed E-state index contributed by atoms with van der Waals surface area (Å²) in [5.41, 5.74) is 4.10. The molecule has 1 N–H and O–H groups in total. The Morgan fingerprint density at radius 1 is 0.966 bits per heavy atom. The van der Waals surface area contributed by atoms with Crippen molar-refractivity contribution in [2.45, 2.75) is 56.9 Å².